The van der Waals surface area contributed by atoms with Crippen molar-refractivity contribution in [1.29, 1.82) is 0 Å². The summed E-state index contributed by atoms with van der Waals surface area (Å²) in [6, 6.07) is 7.21. The van der Waals surface area contributed by atoms with Crippen LogP contribution in [0.5, 0.6) is 11.5 Å². The first-order valence-corrected chi connectivity index (χ1v) is 5.85. The standard InChI is InChI=1S/C14H13N3O3/c1-9(12-8-11(18)2-3-13(12)19)16-17-14(20)10-4-6-15-7-5-10/h2-8,18-19H,1H3,(H,17,20)/b16-9-. The van der Waals surface area contributed by atoms with Gasteiger partial charge in [0.05, 0.1) is 5.71 Å². The van der Waals surface area contributed by atoms with Crippen LogP contribution in [0.4, 0.5) is 0 Å². The van der Waals surface area contributed by atoms with Crippen molar-refractivity contribution in [3.8, 4) is 11.5 Å². The Morgan fingerprint density at radius 1 is 1.20 bits per heavy atom. The largest absolute Gasteiger partial charge is 0.508 e. The number of pyridine rings is 1. The third-order valence-electron chi connectivity index (χ3n) is 2.64. The van der Waals surface area contributed by atoms with E-state index < -0.39 is 0 Å². The number of nitrogens with zero attached hydrogens (tertiary/aromatic N) is 2. The van der Waals surface area contributed by atoms with E-state index in [-0.39, 0.29) is 17.4 Å². The van der Waals surface area contributed by atoms with Crippen LogP contribution in [-0.2, 0) is 0 Å². The van der Waals surface area contributed by atoms with Gasteiger partial charge in [0.2, 0.25) is 0 Å². The van der Waals surface area contributed by atoms with Gasteiger partial charge in [-0.3, -0.25) is 9.78 Å². The molecule has 1 aromatic carbocycles. The molecule has 0 saturated heterocycles. The second kappa shape index (κ2) is 5.83. The van der Waals surface area contributed by atoms with E-state index in [0.29, 0.717) is 16.8 Å². The third kappa shape index (κ3) is 3.11. The SMILES string of the molecule is C/C(=N/NC(=O)c1ccncc1)c1cc(O)ccc1O. The smallest absolute Gasteiger partial charge is 0.271 e. The fraction of sp³-hybridized carbons (Fsp3) is 0.0714. The molecule has 2 aromatic rings. The maximum Gasteiger partial charge on any atom is 0.271 e. The highest BCUT2D eigenvalue weighted by atomic mass is 16.3. The van der Waals surface area contributed by atoms with Crippen LogP contribution in [0.25, 0.3) is 0 Å². The van der Waals surface area contributed by atoms with Gasteiger partial charge in [-0.2, -0.15) is 5.10 Å². The average Bonchev–Trinajstić information content (AvgIpc) is 2.47. The van der Waals surface area contributed by atoms with Crippen LogP contribution >= 0.6 is 0 Å². The van der Waals surface area contributed by atoms with Gasteiger partial charge in [0.1, 0.15) is 11.5 Å². The zero-order valence-electron chi connectivity index (χ0n) is 10.7. The molecule has 0 aliphatic rings. The summed E-state index contributed by atoms with van der Waals surface area (Å²) in [5.74, 6) is -0.401. The molecule has 0 unspecified atom stereocenters. The summed E-state index contributed by atoms with van der Waals surface area (Å²) in [4.78, 5) is 15.6. The number of phenols is 2. The molecule has 0 fully saturated rings. The van der Waals surface area contributed by atoms with Crippen LogP contribution in [0, 0.1) is 0 Å². The number of aromatic nitrogens is 1. The summed E-state index contributed by atoms with van der Waals surface area (Å²) >= 11 is 0. The van der Waals surface area contributed by atoms with Crippen LogP contribution in [0.3, 0.4) is 0 Å². The Labute approximate surface area is 115 Å². The lowest BCUT2D eigenvalue weighted by molar-refractivity contribution is 0.0954. The van der Waals surface area contributed by atoms with Gasteiger partial charge in [0.15, 0.2) is 0 Å². The van der Waals surface area contributed by atoms with Crippen molar-refractivity contribution in [2.45, 2.75) is 6.92 Å². The van der Waals surface area contributed by atoms with E-state index >= 15 is 0 Å². The van der Waals surface area contributed by atoms with Crippen molar-refractivity contribution < 1.29 is 15.0 Å². The second-order valence-electron chi connectivity index (χ2n) is 4.08. The minimum Gasteiger partial charge on any atom is -0.508 e. The molecule has 0 aliphatic carbocycles. The van der Waals surface area contributed by atoms with E-state index in [4.69, 9.17) is 0 Å². The molecule has 6 heteroatoms. The number of benzene rings is 1. The number of hydrogen-bond donors (Lipinski definition) is 3. The average molecular weight is 271 g/mol. The fourth-order valence-corrected chi connectivity index (χ4v) is 1.58. The van der Waals surface area contributed by atoms with E-state index in [1.807, 2.05) is 0 Å². The number of carbonyl (C=O) groups is 1. The first-order chi connectivity index (χ1) is 9.58. The molecule has 0 spiro atoms. The van der Waals surface area contributed by atoms with E-state index in [0.717, 1.165) is 0 Å². The van der Waals surface area contributed by atoms with Crippen LogP contribution in [-0.4, -0.2) is 26.8 Å². The Morgan fingerprint density at radius 3 is 2.60 bits per heavy atom. The van der Waals surface area contributed by atoms with E-state index in [1.54, 1.807) is 19.1 Å². The van der Waals surface area contributed by atoms with E-state index in [9.17, 15) is 15.0 Å². The molecule has 0 saturated carbocycles. The molecule has 0 radical (unpaired) electrons. The summed E-state index contributed by atoms with van der Waals surface area (Å²) < 4.78 is 0. The number of phenolic OH excluding ortho intramolecular Hbond substituents is 2. The van der Waals surface area contributed by atoms with Gasteiger partial charge in [0.25, 0.3) is 5.91 Å². The summed E-state index contributed by atoms with van der Waals surface area (Å²) in [6.45, 7) is 1.61. The minimum atomic E-state index is -0.383. The highest BCUT2D eigenvalue weighted by Gasteiger charge is 2.07. The lowest BCUT2D eigenvalue weighted by Crippen LogP contribution is -2.19. The van der Waals surface area contributed by atoms with Crippen LogP contribution in [0.15, 0.2) is 47.8 Å². The molecule has 0 atom stereocenters. The molecule has 1 aromatic heterocycles. The number of amides is 1. The highest BCUT2D eigenvalue weighted by Crippen LogP contribution is 2.22. The first-order valence-electron chi connectivity index (χ1n) is 5.85. The molecule has 3 N–H and O–H groups in total. The monoisotopic (exact) mass is 271 g/mol. The second-order valence-corrected chi connectivity index (χ2v) is 4.08. The third-order valence-corrected chi connectivity index (χ3v) is 2.64. The van der Waals surface area contributed by atoms with Crippen LogP contribution in [0.2, 0.25) is 0 Å². The Bertz CT molecular complexity index is 654. The summed E-state index contributed by atoms with van der Waals surface area (Å²) in [5.41, 5.74) is 3.52. The number of hydrogen-bond acceptors (Lipinski definition) is 5. The van der Waals surface area contributed by atoms with Gasteiger partial charge in [-0.15, -0.1) is 0 Å². The van der Waals surface area contributed by atoms with Gasteiger partial charge in [0, 0.05) is 23.5 Å². The molecule has 1 heterocycles. The summed E-state index contributed by atoms with van der Waals surface area (Å²) in [7, 11) is 0. The molecule has 0 bridgehead atoms. The maximum atomic E-state index is 11.8. The first kappa shape index (κ1) is 13.5. The van der Waals surface area contributed by atoms with Gasteiger partial charge >= 0.3 is 0 Å². The lowest BCUT2D eigenvalue weighted by atomic mass is 10.1. The van der Waals surface area contributed by atoms with E-state index in [1.165, 1.54) is 30.6 Å². The van der Waals surface area contributed by atoms with Gasteiger partial charge < -0.3 is 10.2 Å². The number of nitrogens with one attached hydrogen (secondary N) is 1. The fourth-order valence-electron chi connectivity index (χ4n) is 1.58. The molecule has 1 amide bonds. The Balaban J connectivity index is 2.15. The number of rotatable bonds is 3. The number of aromatic hydroxyl groups is 2. The topological polar surface area (TPSA) is 94.8 Å². The molecule has 2 rings (SSSR count). The highest BCUT2D eigenvalue weighted by molar-refractivity contribution is 6.02. The Hall–Kier alpha value is -2.89. The van der Waals surface area contributed by atoms with E-state index in [2.05, 4.69) is 15.5 Å². The van der Waals surface area contributed by atoms with Crippen molar-refractivity contribution in [2.24, 2.45) is 5.10 Å². The van der Waals surface area contributed by atoms with Crippen molar-refractivity contribution in [2.75, 3.05) is 0 Å². The van der Waals surface area contributed by atoms with Gasteiger partial charge in [-0.05, 0) is 37.3 Å². The minimum absolute atomic E-state index is 0.00723. The molecule has 0 aliphatic heterocycles. The van der Waals surface area contributed by atoms with Crippen molar-refractivity contribution in [3.05, 3.63) is 53.9 Å². The van der Waals surface area contributed by atoms with Crippen molar-refractivity contribution >= 4 is 11.6 Å². The van der Waals surface area contributed by atoms with Crippen molar-refractivity contribution in [3.63, 3.8) is 0 Å². The zero-order valence-corrected chi connectivity index (χ0v) is 10.7. The van der Waals surface area contributed by atoms with Gasteiger partial charge in [-0.1, -0.05) is 0 Å². The Morgan fingerprint density at radius 2 is 1.90 bits per heavy atom. The predicted molar refractivity (Wildman–Crippen MR) is 73.7 cm³/mol. The molecular formula is C14H13N3O3. The van der Waals surface area contributed by atoms with Crippen molar-refractivity contribution in [1.82, 2.24) is 10.4 Å². The maximum absolute atomic E-state index is 11.8. The number of carbonyl (C=O) groups excluding carboxylic acids is 1. The molecule has 102 valence electrons. The Kier molecular flexibility index (Phi) is 3.95. The van der Waals surface area contributed by atoms with Crippen LogP contribution < -0.4 is 5.43 Å². The predicted octanol–water partition coefficient (Wildman–Crippen LogP) is 1.65. The normalized spacial score (nSPS) is 11.2. The lowest BCUT2D eigenvalue weighted by Gasteiger charge is -2.05. The molecule has 20 heavy (non-hydrogen) atoms. The number of hydrazone groups is 1. The molecule has 6 nitrogen and oxygen atoms in total. The summed E-state index contributed by atoms with van der Waals surface area (Å²) in [5, 5.41) is 23.0. The molecular weight excluding hydrogens is 258 g/mol. The summed E-state index contributed by atoms with van der Waals surface area (Å²) in [6.07, 6.45) is 3.01. The van der Waals surface area contributed by atoms with Gasteiger partial charge in [-0.25, -0.2) is 5.43 Å². The quantitative estimate of drug-likeness (QED) is 0.449. The zero-order chi connectivity index (χ0) is 14.5. The van der Waals surface area contributed by atoms with Crippen LogP contribution in [0.1, 0.15) is 22.8 Å².